The van der Waals surface area contributed by atoms with E-state index in [0.29, 0.717) is 24.1 Å². The largest absolute Gasteiger partial charge is 0.756 e. The standard InChI is InChI=1S/C34H68NO7P/c1-6-8-10-12-14-16-17-18-19-21-23-25-27-34(36)42-33(32-41-43(37,38)40-30-28-35(3,4)5)31-39-29-26-24-22-20-15-13-11-9-7-2/h14,16,33H,6-13,15,17-32H2,1-5H3/b16-14-. The summed E-state index contributed by atoms with van der Waals surface area (Å²) >= 11 is 0. The molecule has 43 heavy (non-hydrogen) atoms. The van der Waals surface area contributed by atoms with E-state index in [0.717, 1.165) is 44.9 Å². The van der Waals surface area contributed by atoms with Gasteiger partial charge in [0, 0.05) is 13.0 Å². The quantitative estimate of drug-likeness (QED) is 0.0241. The first-order valence-electron chi connectivity index (χ1n) is 17.4. The lowest BCUT2D eigenvalue weighted by molar-refractivity contribution is -0.870. The summed E-state index contributed by atoms with van der Waals surface area (Å²) < 4.78 is 34.3. The number of hydrogen-bond acceptors (Lipinski definition) is 7. The summed E-state index contributed by atoms with van der Waals surface area (Å²) in [4.78, 5) is 24.8. The van der Waals surface area contributed by atoms with Crippen molar-refractivity contribution in [1.29, 1.82) is 0 Å². The number of phosphoric acid groups is 1. The molecule has 0 saturated heterocycles. The van der Waals surface area contributed by atoms with Crippen LogP contribution in [0.5, 0.6) is 0 Å². The first kappa shape index (κ1) is 42.2. The average molecular weight is 634 g/mol. The molecule has 0 aromatic heterocycles. The van der Waals surface area contributed by atoms with E-state index in [1.807, 2.05) is 21.1 Å². The smallest absolute Gasteiger partial charge is 0.306 e. The van der Waals surface area contributed by atoms with E-state index >= 15 is 0 Å². The third-order valence-corrected chi connectivity index (χ3v) is 8.28. The second kappa shape index (κ2) is 28.7. The lowest BCUT2D eigenvalue weighted by Crippen LogP contribution is -2.37. The zero-order chi connectivity index (χ0) is 32.1. The summed E-state index contributed by atoms with van der Waals surface area (Å²) in [6.45, 7) is 5.35. The molecule has 0 aliphatic heterocycles. The van der Waals surface area contributed by atoms with Crippen LogP contribution in [0.15, 0.2) is 12.2 Å². The van der Waals surface area contributed by atoms with E-state index in [4.69, 9.17) is 18.5 Å². The SMILES string of the molecule is CCCCC/C=C\CCCCCCCC(=O)OC(COCCCCCCCCCCC)COP(=O)([O-])OCC[N+](C)(C)C. The van der Waals surface area contributed by atoms with Gasteiger partial charge in [-0.05, 0) is 38.5 Å². The molecule has 0 amide bonds. The number of quaternary nitrogens is 1. The van der Waals surface area contributed by atoms with Gasteiger partial charge >= 0.3 is 5.97 Å². The van der Waals surface area contributed by atoms with Crippen molar-refractivity contribution in [2.24, 2.45) is 0 Å². The molecule has 0 aromatic rings. The second-order valence-corrected chi connectivity index (χ2v) is 14.3. The van der Waals surface area contributed by atoms with Gasteiger partial charge in [-0.15, -0.1) is 0 Å². The molecule has 0 N–H and O–H groups in total. The molecule has 0 bridgehead atoms. The number of hydrogen-bond donors (Lipinski definition) is 0. The van der Waals surface area contributed by atoms with Crippen LogP contribution in [0.1, 0.15) is 142 Å². The molecule has 9 heteroatoms. The predicted molar refractivity (Wildman–Crippen MR) is 176 cm³/mol. The third kappa shape index (κ3) is 32.4. The van der Waals surface area contributed by atoms with Crippen LogP contribution in [0.4, 0.5) is 0 Å². The van der Waals surface area contributed by atoms with E-state index < -0.39 is 13.9 Å². The molecule has 0 spiro atoms. The molecule has 2 atom stereocenters. The van der Waals surface area contributed by atoms with E-state index in [9.17, 15) is 14.3 Å². The molecule has 0 heterocycles. The lowest BCUT2D eigenvalue weighted by atomic mass is 10.1. The zero-order valence-corrected chi connectivity index (χ0v) is 29.6. The summed E-state index contributed by atoms with van der Waals surface area (Å²) in [5, 5.41) is 0. The summed E-state index contributed by atoms with van der Waals surface area (Å²) in [5.41, 5.74) is 0. The van der Waals surface area contributed by atoms with Gasteiger partial charge in [-0.3, -0.25) is 9.36 Å². The Bertz CT molecular complexity index is 711. The monoisotopic (exact) mass is 633 g/mol. The van der Waals surface area contributed by atoms with Gasteiger partial charge < -0.3 is 27.9 Å². The van der Waals surface area contributed by atoms with Gasteiger partial charge in [-0.2, -0.15) is 0 Å². The summed E-state index contributed by atoms with van der Waals surface area (Å²) in [6.07, 6.45) is 26.4. The lowest BCUT2D eigenvalue weighted by Gasteiger charge is -2.28. The molecule has 0 fully saturated rings. The number of carbonyl (C=O) groups is 1. The van der Waals surface area contributed by atoms with Crippen molar-refractivity contribution >= 4 is 13.8 Å². The van der Waals surface area contributed by atoms with Gasteiger partial charge in [0.25, 0.3) is 7.82 Å². The zero-order valence-electron chi connectivity index (χ0n) is 28.7. The van der Waals surface area contributed by atoms with Crippen molar-refractivity contribution in [3.05, 3.63) is 12.2 Å². The van der Waals surface area contributed by atoms with Crippen molar-refractivity contribution in [3.63, 3.8) is 0 Å². The van der Waals surface area contributed by atoms with Gasteiger partial charge in [0.15, 0.2) is 0 Å². The maximum absolute atomic E-state index is 12.5. The molecule has 0 radical (unpaired) electrons. The van der Waals surface area contributed by atoms with Crippen LogP contribution in [-0.2, 0) is 27.9 Å². The Labute approximate surface area is 265 Å². The second-order valence-electron chi connectivity index (χ2n) is 12.9. The molecule has 0 rings (SSSR count). The Morgan fingerprint density at radius 2 is 1.21 bits per heavy atom. The molecular formula is C34H68NO7P. The summed E-state index contributed by atoms with van der Waals surface area (Å²) in [6, 6.07) is 0. The van der Waals surface area contributed by atoms with Crippen LogP contribution < -0.4 is 4.89 Å². The number of unbranched alkanes of at least 4 members (excludes halogenated alkanes) is 16. The molecular weight excluding hydrogens is 565 g/mol. The first-order valence-corrected chi connectivity index (χ1v) is 18.9. The number of esters is 1. The van der Waals surface area contributed by atoms with Crippen molar-refractivity contribution < 1.29 is 37.3 Å². The fraction of sp³-hybridized carbons (Fsp3) is 0.912. The predicted octanol–water partition coefficient (Wildman–Crippen LogP) is 8.52. The van der Waals surface area contributed by atoms with E-state index in [1.54, 1.807) is 0 Å². The van der Waals surface area contributed by atoms with Gasteiger partial charge in [0.05, 0.1) is 34.4 Å². The van der Waals surface area contributed by atoms with Crippen molar-refractivity contribution in [1.82, 2.24) is 0 Å². The van der Waals surface area contributed by atoms with Crippen LogP contribution in [0.25, 0.3) is 0 Å². The fourth-order valence-electron chi connectivity index (χ4n) is 4.54. The Hall–Kier alpha value is -0.760. The van der Waals surface area contributed by atoms with E-state index in [2.05, 4.69) is 26.0 Å². The number of allylic oxidation sites excluding steroid dienone is 2. The minimum Gasteiger partial charge on any atom is -0.756 e. The van der Waals surface area contributed by atoms with Crippen molar-refractivity contribution in [3.8, 4) is 0 Å². The molecule has 8 nitrogen and oxygen atoms in total. The Morgan fingerprint density at radius 1 is 0.698 bits per heavy atom. The summed E-state index contributed by atoms with van der Waals surface area (Å²) in [5.74, 6) is -0.345. The number of rotatable bonds is 32. The minimum absolute atomic E-state index is 0.0269. The molecule has 0 aliphatic carbocycles. The van der Waals surface area contributed by atoms with Crippen LogP contribution >= 0.6 is 7.82 Å². The number of ether oxygens (including phenoxy) is 2. The van der Waals surface area contributed by atoms with Gasteiger partial charge in [-0.25, -0.2) is 0 Å². The van der Waals surface area contributed by atoms with Gasteiger partial charge in [-0.1, -0.05) is 109 Å². The number of carbonyl (C=O) groups excluding carboxylic acids is 1. The van der Waals surface area contributed by atoms with E-state index in [-0.39, 0.29) is 25.8 Å². The van der Waals surface area contributed by atoms with Crippen molar-refractivity contribution in [2.75, 3.05) is 54.1 Å². The highest BCUT2D eigenvalue weighted by molar-refractivity contribution is 7.45. The van der Waals surface area contributed by atoms with Crippen LogP contribution in [0.3, 0.4) is 0 Å². The average Bonchev–Trinajstić information content (AvgIpc) is 2.94. The van der Waals surface area contributed by atoms with Gasteiger partial charge in [0.2, 0.25) is 0 Å². The highest BCUT2D eigenvalue weighted by atomic mass is 31.2. The minimum atomic E-state index is -4.51. The summed E-state index contributed by atoms with van der Waals surface area (Å²) in [7, 11) is 1.35. The maximum Gasteiger partial charge on any atom is 0.306 e. The molecule has 0 aliphatic rings. The van der Waals surface area contributed by atoms with Crippen LogP contribution in [0, 0.1) is 0 Å². The Morgan fingerprint density at radius 3 is 1.81 bits per heavy atom. The number of likely N-dealkylation sites (N-methyl/N-ethyl adjacent to an activating group) is 1. The number of nitrogens with zero attached hydrogens (tertiary/aromatic N) is 1. The Kier molecular flexibility index (Phi) is 28.2. The highest BCUT2D eigenvalue weighted by Gasteiger charge is 2.20. The molecule has 0 aromatic carbocycles. The fourth-order valence-corrected chi connectivity index (χ4v) is 5.27. The maximum atomic E-state index is 12.5. The molecule has 256 valence electrons. The van der Waals surface area contributed by atoms with E-state index in [1.165, 1.54) is 77.0 Å². The van der Waals surface area contributed by atoms with Gasteiger partial charge in [0.1, 0.15) is 19.3 Å². The Balaban J connectivity index is 4.35. The number of phosphoric ester groups is 1. The normalized spacial score (nSPS) is 14.3. The topological polar surface area (TPSA) is 94.1 Å². The third-order valence-electron chi connectivity index (χ3n) is 7.32. The molecule has 0 saturated carbocycles. The van der Waals surface area contributed by atoms with Crippen LogP contribution in [-0.4, -0.2) is 70.7 Å². The van der Waals surface area contributed by atoms with Crippen LogP contribution in [0.2, 0.25) is 0 Å². The highest BCUT2D eigenvalue weighted by Crippen LogP contribution is 2.38. The first-order chi connectivity index (χ1) is 20.6. The molecule has 2 unspecified atom stereocenters. The van der Waals surface area contributed by atoms with Crippen molar-refractivity contribution in [2.45, 2.75) is 148 Å².